The second-order valence-electron chi connectivity index (χ2n) is 8.10. The Kier molecular flexibility index (Phi) is 5.45. The summed E-state index contributed by atoms with van der Waals surface area (Å²) in [5, 5.41) is 12.4. The number of aryl methyl sites for hydroxylation is 2. The highest BCUT2D eigenvalue weighted by atomic mass is 16.4. The second-order valence-corrected chi connectivity index (χ2v) is 8.10. The number of hydrogen-bond acceptors (Lipinski definition) is 4. The van der Waals surface area contributed by atoms with Crippen LogP contribution in [0.15, 0.2) is 12.1 Å². The molecule has 0 amide bonds. The van der Waals surface area contributed by atoms with Crippen molar-refractivity contribution >= 4 is 17.0 Å². The van der Waals surface area contributed by atoms with Crippen molar-refractivity contribution in [3.63, 3.8) is 0 Å². The van der Waals surface area contributed by atoms with E-state index in [-0.39, 0.29) is 6.54 Å². The number of likely N-dealkylation sites (tertiary alicyclic amines) is 1. The van der Waals surface area contributed by atoms with E-state index in [4.69, 9.17) is 10.1 Å². The lowest BCUT2D eigenvalue weighted by atomic mass is 9.92. The Bertz CT molecular complexity index is 821. The van der Waals surface area contributed by atoms with Crippen molar-refractivity contribution in [2.24, 2.45) is 13.0 Å². The quantitative estimate of drug-likeness (QED) is 0.842. The van der Waals surface area contributed by atoms with Crippen LogP contribution >= 0.6 is 0 Å². The van der Waals surface area contributed by atoms with Gasteiger partial charge in [-0.2, -0.15) is 0 Å². The lowest BCUT2D eigenvalue weighted by Gasteiger charge is -2.30. The fourth-order valence-electron chi connectivity index (χ4n) is 4.59. The zero-order valence-electron chi connectivity index (χ0n) is 16.2. The molecule has 0 spiro atoms. The molecule has 3 heterocycles. The van der Waals surface area contributed by atoms with E-state index in [9.17, 15) is 4.79 Å². The fourth-order valence-corrected chi connectivity index (χ4v) is 4.59. The molecule has 0 radical (unpaired) electrons. The molecule has 1 saturated heterocycles. The minimum absolute atomic E-state index is 0.178. The number of carbonyl (C=O) groups is 1. The summed E-state index contributed by atoms with van der Waals surface area (Å²) in [6.45, 7) is 4.10. The Labute approximate surface area is 160 Å². The number of carboxylic acid groups (broad SMARTS) is 1. The summed E-state index contributed by atoms with van der Waals surface area (Å²) in [6.07, 6.45) is 6.52. The molecule has 0 unspecified atom stereocenters. The van der Waals surface area contributed by atoms with Crippen LogP contribution in [0, 0.1) is 5.92 Å². The van der Waals surface area contributed by atoms with Gasteiger partial charge in [0, 0.05) is 13.5 Å². The number of nitrogens with zero attached hydrogens (tertiary/aromatic N) is 3. The van der Waals surface area contributed by atoms with Gasteiger partial charge >= 0.3 is 5.97 Å². The van der Waals surface area contributed by atoms with E-state index in [1.807, 2.05) is 0 Å². The maximum Gasteiger partial charge on any atom is 0.317 e. The Hall–Kier alpha value is -1.92. The zero-order valence-corrected chi connectivity index (χ0v) is 16.2. The molecule has 6 nitrogen and oxygen atoms in total. The molecule has 146 valence electrons. The number of aromatic nitrogens is 2. The fraction of sp³-hybridized carbons (Fsp3) is 0.619. The van der Waals surface area contributed by atoms with Gasteiger partial charge in [-0.25, -0.2) is 4.98 Å². The van der Waals surface area contributed by atoms with Crippen molar-refractivity contribution in [2.45, 2.75) is 38.5 Å². The van der Waals surface area contributed by atoms with Crippen LogP contribution in [-0.4, -0.2) is 58.3 Å². The summed E-state index contributed by atoms with van der Waals surface area (Å²) in [7, 11) is 2.14. The van der Waals surface area contributed by atoms with Crippen LogP contribution in [0.3, 0.4) is 0 Å². The van der Waals surface area contributed by atoms with E-state index >= 15 is 0 Å². The minimum atomic E-state index is -0.720. The third-order valence-electron chi connectivity index (χ3n) is 6.28. The molecule has 0 atom stereocenters. The third-order valence-corrected chi connectivity index (χ3v) is 6.28. The van der Waals surface area contributed by atoms with Crippen LogP contribution in [0.4, 0.5) is 0 Å². The molecular formula is C21H30N4O2. The molecule has 2 N–H and O–H groups in total. The first-order valence-corrected chi connectivity index (χ1v) is 10.2. The summed E-state index contributed by atoms with van der Waals surface area (Å²) in [4.78, 5) is 17.8. The van der Waals surface area contributed by atoms with Crippen molar-refractivity contribution in [2.75, 3.05) is 32.7 Å². The number of piperidine rings is 1. The van der Waals surface area contributed by atoms with E-state index < -0.39 is 5.97 Å². The first kappa shape index (κ1) is 18.4. The highest BCUT2D eigenvalue weighted by molar-refractivity contribution is 5.78. The van der Waals surface area contributed by atoms with Crippen molar-refractivity contribution in [1.29, 1.82) is 0 Å². The smallest absolute Gasteiger partial charge is 0.317 e. The highest BCUT2D eigenvalue weighted by Gasteiger charge is 2.21. The molecule has 2 aromatic rings. The van der Waals surface area contributed by atoms with E-state index in [0.29, 0.717) is 5.92 Å². The molecule has 2 aliphatic rings. The summed E-state index contributed by atoms with van der Waals surface area (Å²) >= 11 is 0. The molecule has 0 aliphatic carbocycles. The van der Waals surface area contributed by atoms with Gasteiger partial charge in [-0.3, -0.25) is 9.69 Å². The monoisotopic (exact) mass is 370 g/mol. The van der Waals surface area contributed by atoms with Gasteiger partial charge in [0.05, 0.1) is 17.6 Å². The van der Waals surface area contributed by atoms with Crippen molar-refractivity contribution in [3.8, 4) is 0 Å². The van der Waals surface area contributed by atoms with E-state index in [0.717, 1.165) is 70.2 Å². The normalized spacial score (nSPS) is 19.1. The average Bonchev–Trinajstić information content (AvgIpc) is 2.81. The van der Waals surface area contributed by atoms with Crippen LogP contribution in [0.2, 0.25) is 0 Å². The standard InChI is InChI=1S/C21H30N4O2/c1-24-19-13-17-5-9-22-8-4-16(17)12-18(19)23-20(24)3-2-15-6-10-25(11-7-15)14-21(26)27/h12-13,15,22H,2-11,14H2,1H3,(H,26,27). The average molecular weight is 370 g/mol. The maximum atomic E-state index is 10.8. The number of imidazole rings is 1. The Morgan fingerprint density at radius 1 is 1.22 bits per heavy atom. The van der Waals surface area contributed by atoms with Crippen LogP contribution in [0.25, 0.3) is 11.0 Å². The van der Waals surface area contributed by atoms with Crippen LogP contribution < -0.4 is 5.32 Å². The van der Waals surface area contributed by atoms with Crippen LogP contribution in [0.5, 0.6) is 0 Å². The van der Waals surface area contributed by atoms with Gasteiger partial charge in [-0.05, 0) is 87.5 Å². The maximum absolute atomic E-state index is 10.8. The lowest BCUT2D eigenvalue weighted by Crippen LogP contribution is -2.37. The van der Waals surface area contributed by atoms with Crippen LogP contribution in [-0.2, 0) is 31.1 Å². The number of aliphatic carboxylic acids is 1. The molecule has 6 heteroatoms. The predicted molar refractivity (Wildman–Crippen MR) is 106 cm³/mol. The Morgan fingerprint density at radius 3 is 2.63 bits per heavy atom. The molecule has 1 aromatic heterocycles. The number of fused-ring (bicyclic) bond motifs is 2. The Balaban J connectivity index is 1.41. The van der Waals surface area contributed by atoms with Gasteiger partial charge in [0.15, 0.2) is 0 Å². The van der Waals surface area contributed by atoms with Gasteiger partial charge in [0.1, 0.15) is 5.82 Å². The van der Waals surface area contributed by atoms with Crippen molar-refractivity contribution < 1.29 is 9.90 Å². The third kappa shape index (κ3) is 4.17. The van der Waals surface area contributed by atoms with Gasteiger partial charge in [0.25, 0.3) is 0 Å². The number of hydrogen-bond donors (Lipinski definition) is 2. The predicted octanol–water partition coefficient (Wildman–Crippen LogP) is 1.99. The summed E-state index contributed by atoms with van der Waals surface area (Å²) in [6, 6.07) is 4.64. The number of benzene rings is 1. The molecular weight excluding hydrogens is 340 g/mol. The molecule has 0 bridgehead atoms. The van der Waals surface area contributed by atoms with Gasteiger partial charge < -0.3 is 15.0 Å². The van der Waals surface area contributed by atoms with Crippen molar-refractivity contribution in [1.82, 2.24) is 19.8 Å². The lowest BCUT2D eigenvalue weighted by molar-refractivity contribution is -0.138. The second kappa shape index (κ2) is 7.98. The highest BCUT2D eigenvalue weighted by Crippen LogP contribution is 2.26. The molecule has 4 rings (SSSR count). The largest absolute Gasteiger partial charge is 0.480 e. The summed E-state index contributed by atoms with van der Waals surface area (Å²) in [5.41, 5.74) is 5.29. The van der Waals surface area contributed by atoms with E-state index in [2.05, 4.69) is 34.0 Å². The van der Waals surface area contributed by atoms with Crippen molar-refractivity contribution in [3.05, 3.63) is 29.1 Å². The van der Waals surface area contributed by atoms with Gasteiger partial charge in [-0.1, -0.05) is 0 Å². The van der Waals surface area contributed by atoms with Gasteiger partial charge in [-0.15, -0.1) is 0 Å². The molecule has 1 fully saturated rings. The number of carboxylic acids is 1. The molecule has 0 saturated carbocycles. The summed E-state index contributed by atoms with van der Waals surface area (Å²) < 4.78 is 2.27. The zero-order chi connectivity index (χ0) is 18.8. The molecule has 2 aliphatic heterocycles. The van der Waals surface area contributed by atoms with Gasteiger partial charge in [0.2, 0.25) is 0 Å². The summed E-state index contributed by atoms with van der Waals surface area (Å²) in [5.74, 6) is 1.14. The first-order valence-electron chi connectivity index (χ1n) is 10.2. The number of nitrogens with one attached hydrogen (secondary N) is 1. The van der Waals surface area contributed by atoms with E-state index in [1.54, 1.807) is 0 Å². The minimum Gasteiger partial charge on any atom is -0.480 e. The Morgan fingerprint density at radius 2 is 1.93 bits per heavy atom. The topological polar surface area (TPSA) is 70.4 Å². The first-order chi connectivity index (χ1) is 13.1. The number of rotatable bonds is 5. The SMILES string of the molecule is Cn1c(CCC2CCN(CC(=O)O)CC2)nc2cc3c(cc21)CCNCC3. The molecule has 1 aromatic carbocycles. The molecule has 27 heavy (non-hydrogen) atoms. The van der Waals surface area contributed by atoms with E-state index in [1.165, 1.54) is 22.5 Å². The van der Waals surface area contributed by atoms with Crippen LogP contribution in [0.1, 0.15) is 36.2 Å².